The highest BCUT2D eigenvalue weighted by atomic mass is 32.2. The molecule has 0 spiro atoms. The van der Waals surface area contributed by atoms with Crippen molar-refractivity contribution in [3.05, 3.63) is 23.3 Å². The van der Waals surface area contributed by atoms with Crippen molar-refractivity contribution in [3.8, 4) is 0 Å². The molecule has 1 aromatic carbocycles. The lowest BCUT2D eigenvalue weighted by molar-refractivity contribution is 0.578. The van der Waals surface area contributed by atoms with E-state index in [0.29, 0.717) is 23.7 Å². The first-order chi connectivity index (χ1) is 8.21. The summed E-state index contributed by atoms with van der Waals surface area (Å²) in [6.45, 7) is 7.72. The Bertz CT molecular complexity index is 522. The second-order valence-corrected chi connectivity index (χ2v) is 6.97. The van der Waals surface area contributed by atoms with Crippen LogP contribution in [0.3, 0.4) is 0 Å². The van der Waals surface area contributed by atoms with Crippen LogP contribution in [0.2, 0.25) is 0 Å². The molecule has 0 amide bonds. The summed E-state index contributed by atoms with van der Waals surface area (Å²) in [6, 6.07) is 3.56. The van der Waals surface area contributed by atoms with Gasteiger partial charge in [-0.1, -0.05) is 13.8 Å². The average molecular weight is 270 g/mol. The number of hydrogen-bond donors (Lipinski definition) is 2. The molecule has 3 N–H and O–H groups in total. The second-order valence-electron chi connectivity index (χ2n) is 5.13. The summed E-state index contributed by atoms with van der Waals surface area (Å²) in [4.78, 5) is 0. The molecule has 0 fully saturated rings. The molecule has 18 heavy (non-hydrogen) atoms. The van der Waals surface area contributed by atoms with Crippen molar-refractivity contribution in [2.75, 3.05) is 16.2 Å². The minimum atomic E-state index is -3.27. The molecular weight excluding hydrogens is 248 g/mol. The van der Waals surface area contributed by atoms with Crippen molar-refractivity contribution in [2.24, 2.45) is 5.92 Å². The van der Waals surface area contributed by atoms with Crippen LogP contribution in [-0.2, 0) is 10.0 Å². The lowest BCUT2D eigenvalue weighted by atomic mass is 10.1. The van der Waals surface area contributed by atoms with Crippen molar-refractivity contribution >= 4 is 21.4 Å². The molecule has 102 valence electrons. The van der Waals surface area contributed by atoms with Gasteiger partial charge in [0, 0.05) is 5.69 Å². The molecule has 0 aromatic heterocycles. The Kier molecular flexibility index (Phi) is 4.62. The average Bonchev–Trinajstić information content (AvgIpc) is 2.23. The Labute approximate surface area is 110 Å². The minimum absolute atomic E-state index is 0.146. The van der Waals surface area contributed by atoms with Crippen molar-refractivity contribution in [1.29, 1.82) is 0 Å². The van der Waals surface area contributed by atoms with Gasteiger partial charge in [-0.15, -0.1) is 0 Å². The van der Waals surface area contributed by atoms with E-state index < -0.39 is 10.0 Å². The van der Waals surface area contributed by atoms with E-state index in [1.54, 1.807) is 12.1 Å². The first kappa shape index (κ1) is 14.8. The molecule has 5 heteroatoms. The molecule has 0 unspecified atom stereocenters. The maximum atomic E-state index is 11.9. The fourth-order valence-electron chi connectivity index (χ4n) is 1.56. The predicted molar refractivity (Wildman–Crippen MR) is 77.2 cm³/mol. The summed E-state index contributed by atoms with van der Waals surface area (Å²) in [5.74, 6) is 0.517. The van der Waals surface area contributed by atoms with E-state index in [2.05, 4.69) is 4.72 Å². The maximum absolute atomic E-state index is 11.9. The molecule has 0 aliphatic rings. The third-order valence-corrected chi connectivity index (χ3v) is 4.15. The van der Waals surface area contributed by atoms with E-state index in [1.165, 1.54) is 0 Å². The van der Waals surface area contributed by atoms with Crippen LogP contribution in [0.25, 0.3) is 0 Å². The molecular formula is C13H22N2O2S. The van der Waals surface area contributed by atoms with Crippen LogP contribution >= 0.6 is 0 Å². The van der Waals surface area contributed by atoms with Gasteiger partial charge in [-0.2, -0.15) is 0 Å². The second kappa shape index (κ2) is 5.61. The fourth-order valence-corrected chi connectivity index (χ4v) is 3.00. The van der Waals surface area contributed by atoms with Gasteiger partial charge in [0.1, 0.15) is 0 Å². The largest absolute Gasteiger partial charge is 0.399 e. The predicted octanol–water partition coefficient (Wildman–Crippen LogP) is 2.67. The van der Waals surface area contributed by atoms with E-state index in [4.69, 9.17) is 5.73 Å². The molecule has 0 bridgehead atoms. The quantitative estimate of drug-likeness (QED) is 0.808. The van der Waals surface area contributed by atoms with Gasteiger partial charge in [-0.3, -0.25) is 4.72 Å². The molecule has 0 saturated heterocycles. The minimum Gasteiger partial charge on any atom is -0.399 e. The van der Waals surface area contributed by atoms with Crippen LogP contribution in [0.4, 0.5) is 11.4 Å². The van der Waals surface area contributed by atoms with Gasteiger partial charge in [-0.05, 0) is 49.4 Å². The van der Waals surface area contributed by atoms with Gasteiger partial charge in [0.05, 0.1) is 11.4 Å². The highest BCUT2D eigenvalue weighted by Gasteiger charge is 2.13. The SMILES string of the molecule is Cc1cc(NS(=O)(=O)CCC(C)C)c(C)cc1N. The number of hydrogen-bond acceptors (Lipinski definition) is 3. The number of nitrogen functional groups attached to an aromatic ring is 1. The van der Waals surface area contributed by atoms with Crippen LogP contribution in [0.5, 0.6) is 0 Å². The van der Waals surface area contributed by atoms with E-state index in [0.717, 1.165) is 11.1 Å². The lowest BCUT2D eigenvalue weighted by Gasteiger charge is -2.13. The maximum Gasteiger partial charge on any atom is 0.232 e. The zero-order valence-corrected chi connectivity index (χ0v) is 12.3. The van der Waals surface area contributed by atoms with Gasteiger partial charge in [-0.25, -0.2) is 8.42 Å². The molecule has 0 atom stereocenters. The van der Waals surface area contributed by atoms with E-state index in [-0.39, 0.29) is 5.75 Å². The number of aryl methyl sites for hydroxylation is 2. The zero-order valence-electron chi connectivity index (χ0n) is 11.4. The van der Waals surface area contributed by atoms with Crippen molar-refractivity contribution in [3.63, 3.8) is 0 Å². The molecule has 0 radical (unpaired) electrons. The molecule has 1 rings (SSSR count). The van der Waals surface area contributed by atoms with Crippen LogP contribution in [-0.4, -0.2) is 14.2 Å². The molecule has 0 saturated carbocycles. The molecule has 0 aliphatic carbocycles. The van der Waals surface area contributed by atoms with Crippen LogP contribution in [0.1, 0.15) is 31.4 Å². The number of benzene rings is 1. The normalized spacial score (nSPS) is 11.8. The molecule has 0 heterocycles. The van der Waals surface area contributed by atoms with E-state index in [1.807, 2.05) is 27.7 Å². The first-order valence-electron chi connectivity index (χ1n) is 6.08. The summed E-state index contributed by atoms with van der Waals surface area (Å²) in [6.07, 6.45) is 0.655. The van der Waals surface area contributed by atoms with Crippen LogP contribution in [0, 0.1) is 19.8 Å². The Morgan fingerprint density at radius 3 is 2.39 bits per heavy atom. The van der Waals surface area contributed by atoms with Gasteiger partial charge in [0.2, 0.25) is 10.0 Å². The van der Waals surface area contributed by atoms with Crippen LogP contribution in [0.15, 0.2) is 12.1 Å². The van der Waals surface area contributed by atoms with Gasteiger partial charge in [0.15, 0.2) is 0 Å². The van der Waals surface area contributed by atoms with Crippen LogP contribution < -0.4 is 10.5 Å². The number of nitrogens with one attached hydrogen (secondary N) is 1. The van der Waals surface area contributed by atoms with Crippen molar-refractivity contribution in [2.45, 2.75) is 34.1 Å². The highest BCUT2D eigenvalue weighted by molar-refractivity contribution is 7.92. The van der Waals surface area contributed by atoms with Gasteiger partial charge >= 0.3 is 0 Å². The Balaban J connectivity index is 2.87. The number of anilines is 2. The third-order valence-electron chi connectivity index (χ3n) is 2.84. The highest BCUT2D eigenvalue weighted by Crippen LogP contribution is 2.23. The smallest absolute Gasteiger partial charge is 0.232 e. The van der Waals surface area contributed by atoms with Crippen molar-refractivity contribution in [1.82, 2.24) is 0 Å². The first-order valence-corrected chi connectivity index (χ1v) is 7.73. The summed E-state index contributed by atoms with van der Waals surface area (Å²) in [7, 11) is -3.27. The molecule has 1 aromatic rings. The standard InChI is InChI=1S/C13H22N2O2S/c1-9(2)5-6-18(16,17)15-13-8-10(3)12(14)7-11(13)4/h7-9,15H,5-6,14H2,1-4H3. The van der Waals surface area contributed by atoms with Crippen molar-refractivity contribution < 1.29 is 8.42 Å². The lowest BCUT2D eigenvalue weighted by Crippen LogP contribution is -2.18. The summed E-state index contributed by atoms with van der Waals surface area (Å²) in [5, 5.41) is 0. The third kappa shape index (κ3) is 4.22. The number of sulfonamides is 1. The van der Waals surface area contributed by atoms with Gasteiger partial charge in [0.25, 0.3) is 0 Å². The number of rotatable bonds is 5. The van der Waals surface area contributed by atoms with E-state index >= 15 is 0 Å². The van der Waals surface area contributed by atoms with E-state index in [9.17, 15) is 8.42 Å². The molecule has 4 nitrogen and oxygen atoms in total. The fraction of sp³-hybridized carbons (Fsp3) is 0.538. The summed E-state index contributed by atoms with van der Waals surface area (Å²) < 4.78 is 26.4. The molecule has 0 aliphatic heterocycles. The Hall–Kier alpha value is -1.23. The summed E-state index contributed by atoms with van der Waals surface area (Å²) >= 11 is 0. The van der Waals surface area contributed by atoms with Gasteiger partial charge < -0.3 is 5.73 Å². The number of nitrogens with two attached hydrogens (primary N) is 1. The Morgan fingerprint density at radius 1 is 1.22 bits per heavy atom. The summed E-state index contributed by atoms with van der Waals surface area (Å²) in [5.41, 5.74) is 8.79. The zero-order chi connectivity index (χ0) is 13.9. The monoisotopic (exact) mass is 270 g/mol. The topological polar surface area (TPSA) is 72.2 Å². The Morgan fingerprint density at radius 2 is 1.83 bits per heavy atom.